The van der Waals surface area contributed by atoms with Crippen LogP contribution in [-0.2, 0) is 13.0 Å². The number of aromatic carboxylic acids is 1. The van der Waals surface area contributed by atoms with Gasteiger partial charge in [0.2, 0.25) is 11.7 Å². The van der Waals surface area contributed by atoms with Crippen molar-refractivity contribution in [3.8, 4) is 5.75 Å². The molecule has 112 valence electrons. The zero-order valence-corrected chi connectivity index (χ0v) is 13.3. The number of benzene rings is 1. The molecule has 7 heteroatoms. The lowest BCUT2D eigenvalue weighted by Crippen LogP contribution is -2.04. The second-order valence-electron chi connectivity index (χ2n) is 4.94. The highest BCUT2D eigenvalue weighted by atomic mass is 79.9. The first kappa shape index (κ1) is 15.5. The topological polar surface area (TPSA) is 85.5 Å². The maximum atomic E-state index is 11.2. The molecule has 1 aromatic heterocycles. The van der Waals surface area contributed by atoms with Gasteiger partial charge in [0, 0.05) is 10.9 Å². The van der Waals surface area contributed by atoms with Crippen LogP contribution in [0.2, 0.25) is 0 Å². The molecule has 0 unspecified atom stereocenters. The number of carboxylic acids is 1. The third-order valence-electron chi connectivity index (χ3n) is 2.62. The van der Waals surface area contributed by atoms with Gasteiger partial charge >= 0.3 is 5.97 Å². The monoisotopic (exact) mass is 354 g/mol. The lowest BCUT2D eigenvalue weighted by molar-refractivity contribution is 0.0691. The van der Waals surface area contributed by atoms with Gasteiger partial charge in [0.1, 0.15) is 11.3 Å². The van der Waals surface area contributed by atoms with Crippen molar-refractivity contribution >= 4 is 21.9 Å². The summed E-state index contributed by atoms with van der Waals surface area (Å²) >= 11 is 3.23. The molecule has 2 aromatic rings. The Morgan fingerprint density at radius 3 is 2.90 bits per heavy atom. The number of hydrogen-bond acceptors (Lipinski definition) is 5. The van der Waals surface area contributed by atoms with Crippen LogP contribution in [0, 0.1) is 5.92 Å². The minimum Gasteiger partial charge on any atom is -0.485 e. The van der Waals surface area contributed by atoms with Crippen molar-refractivity contribution in [3.63, 3.8) is 0 Å². The predicted octanol–water partition coefficient (Wildman–Crippen LogP) is 3.31. The fraction of sp³-hybridized carbons (Fsp3) is 0.357. The van der Waals surface area contributed by atoms with Crippen LogP contribution in [0.5, 0.6) is 5.75 Å². The van der Waals surface area contributed by atoms with E-state index in [1.165, 1.54) is 6.07 Å². The second-order valence-corrected chi connectivity index (χ2v) is 5.85. The summed E-state index contributed by atoms with van der Waals surface area (Å²) in [6.07, 6.45) is 0.700. The number of halogens is 1. The number of hydrogen-bond donors (Lipinski definition) is 1. The molecule has 0 bridgehead atoms. The SMILES string of the molecule is CC(C)Cc1nc(COc2ccc(Br)cc2C(=O)O)no1. The zero-order valence-electron chi connectivity index (χ0n) is 11.7. The van der Waals surface area contributed by atoms with E-state index in [2.05, 4.69) is 39.9 Å². The average molecular weight is 355 g/mol. The van der Waals surface area contributed by atoms with E-state index < -0.39 is 5.97 Å². The summed E-state index contributed by atoms with van der Waals surface area (Å²) in [7, 11) is 0. The number of rotatable bonds is 6. The molecular weight excluding hydrogens is 340 g/mol. The van der Waals surface area contributed by atoms with Crippen LogP contribution in [0.25, 0.3) is 0 Å². The van der Waals surface area contributed by atoms with E-state index in [-0.39, 0.29) is 17.9 Å². The van der Waals surface area contributed by atoms with Crippen LogP contribution in [0.15, 0.2) is 27.2 Å². The van der Waals surface area contributed by atoms with Crippen molar-refractivity contribution in [1.29, 1.82) is 0 Å². The van der Waals surface area contributed by atoms with Gasteiger partial charge in [0.25, 0.3) is 0 Å². The number of carboxylic acid groups (broad SMARTS) is 1. The molecule has 0 atom stereocenters. The van der Waals surface area contributed by atoms with Crippen molar-refractivity contribution in [2.75, 3.05) is 0 Å². The van der Waals surface area contributed by atoms with Gasteiger partial charge in [-0.05, 0) is 24.1 Å². The molecule has 0 saturated carbocycles. The summed E-state index contributed by atoms with van der Waals surface area (Å²) in [5, 5.41) is 12.9. The quantitative estimate of drug-likeness (QED) is 0.856. The van der Waals surface area contributed by atoms with Crippen LogP contribution >= 0.6 is 15.9 Å². The second kappa shape index (κ2) is 6.71. The van der Waals surface area contributed by atoms with Crippen molar-refractivity contribution in [1.82, 2.24) is 10.1 Å². The summed E-state index contributed by atoms with van der Waals surface area (Å²) in [5.41, 5.74) is 0.0790. The fourth-order valence-electron chi connectivity index (χ4n) is 1.72. The van der Waals surface area contributed by atoms with Gasteiger partial charge in [-0.15, -0.1) is 0 Å². The Labute approximate surface area is 130 Å². The lowest BCUT2D eigenvalue weighted by atomic mass is 10.1. The summed E-state index contributed by atoms with van der Waals surface area (Å²) in [6.45, 7) is 4.17. The smallest absolute Gasteiger partial charge is 0.339 e. The standard InChI is InChI=1S/C14H15BrN2O4/c1-8(2)5-13-16-12(17-21-13)7-20-11-4-3-9(15)6-10(11)14(18)19/h3-4,6,8H,5,7H2,1-2H3,(H,18,19). The first-order chi connectivity index (χ1) is 9.95. The highest BCUT2D eigenvalue weighted by Gasteiger charge is 2.14. The van der Waals surface area contributed by atoms with Gasteiger partial charge in [0.15, 0.2) is 6.61 Å². The summed E-state index contributed by atoms with van der Waals surface area (Å²) < 4.78 is 11.2. The highest BCUT2D eigenvalue weighted by Crippen LogP contribution is 2.24. The van der Waals surface area contributed by atoms with Gasteiger partial charge in [-0.2, -0.15) is 4.98 Å². The Morgan fingerprint density at radius 2 is 2.24 bits per heavy atom. The van der Waals surface area contributed by atoms with Gasteiger partial charge in [0.05, 0.1) is 0 Å². The molecule has 0 aliphatic heterocycles. The van der Waals surface area contributed by atoms with Gasteiger partial charge < -0.3 is 14.4 Å². The predicted molar refractivity (Wildman–Crippen MR) is 78.3 cm³/mol. The lowest BCUT2D eigenvalue weighted by Gasteiger charge is -2.07. The Hall–Kier alpha value is -1.89. The van der Waals surface area contributed by atoms with Crippen LogP contribution in [-0.4, -0.2) is 21.2 Å². The number of ether oxygens (including phenoxy) is 1. The summed E-state index contributed by atoms with van der Waals surface area (Å²) in [5.74, 6) is 0.577. The van der Waals surface area contributed by atoms with E-state index in [0.29, 0.717) is 28.5 Å². The minimum atomic E-state index is -1.06. The molecule has 6 nitrogen and oxygen atoms in total. The van der Waals surface area contributed by atoms with Crippen molar-refractivity contribution in [3.05, 3.63) is 40.0 Å². The van der Waals surface area contributed by atoms with Crippen molar-refractivity contribution < 1.29 is 19.2 Å². The van der Waals surface area contributed by atoms with Crippen LogP contribution < -0.4 is 4.74 Å². The molecular formula is C14H15BrN2O4. The van der Waals surface area contributed by atoms with Crippen LogP contribution in [0.3, 0.4) is 0 Å². The Bertz CT molecular complexity index is 640. The maximum Gasteiger partial charge on any atom is 0.339 e. The van der Waals surface area contributed by atoms with Crippen molar-refractivity contribution in [2.24, 2.45) is 5.92 Å². The van der Waals surface area contributed by atoms with E-state index in [0.717, 1.165) is 0 Å². The van der Waals surface area contributed by atoms with Crippen LogP contribution in [0.1, 0.15) is 35.9 Å². The first-order valence-corrected chi connectivity index (χ1v) is 7.22. The molecule has 1 N–H and O–H groups in total. The molecule has 2 rings (SSSR count). The minimum absolute atomic E-state index is 0.0590. The average Bonchev–Trinajstić information content (AvgIpc) is 2.83. The van der Waals surface area contributed by atoms with E-state index in [1.54, 1.807) is 12.1 Å². The van der Waals surface area contributed by atoms with Gasteiger partial charge in [-0.3, -0.25) is 0 Å². The Morgan fingerprint density at radius 1 is 1.48 bits per heavy atom. The normalized spacial score (nSPS) is 10.9. The molecule has 0 aliphatic carbocycles. The van der Waals surface area contributed by atoms with E-state index in [4.69, 9.17) is 14.4 Å². The van der Waals surface area contributed by atoms with Gasteiger partial charge in [-0.25, -0.2) is 4.79 Å². The highest BCUT2D eigenvalue weighted by molar-refractivity contribution is 9.10. The molecule has 0 aliphatic rings. The van der Waals surface area contributed by atoms with E-state index in [1.807, 2.05) is 0 Å². The third-order valence-corrected chi connectivity index (χ3v) is 3.12. The molecule has 0 spiro atoms. The zero-order chi connectivity index (χ0) is 15.4. The molecule has 0 saturated heterocycles. The fourth-order valence-corrected chi connectivity index (χ4v) is 2.08. The van der Waals surface area contributed by atoms with E-state index >= 15 is 0 Å². The molecule has 1 aromatic carbocycles. The third kappa shape index (κ3) is 4.29. The maximum absolute atomic E-state index is 11.2. The largest absolute Gasteiger partial charge is 0.485 e. The first-order valence-electron chi connectivity index (χ1n) is 6.43. The van der Waals surface area contributed by atoms with Crippen LogP contribution in [0.4, 0.5) is 0 Å². The van der Waals surface area contributed by atoms with Gasteiger partial charge in [-0.1, -0.05) is 34.9 Å². The molecule has 1 heterocycles. The number of nitrogens with zero attached hydrogens (tertiary/aromatic N) is 2. The molecule has 0 fully saturated rings. The summed E-state index contributed by atoms with van der Waals surface area (Å²) in [4.78, 5) is 15.4. The van der Waals surface area contributed by atoms with E-state index in [9.17, 15) is 4.79 Å². The number of carbonyl (C=O) groups is 1. The Kier molecular flexibility index (Phi) is 4.95. The molecule has 21 heavy (non-hydrogen) atoms. The Balaban J connectivity index is 2.06. The molecule has 0 radical (unpaired) electrons. The van der Waals surface area contributed by atoms with Crippen molar-refractivity contribution in [2.45, 2.75) is 26.9 Å². The number of aromatic nitrogens is 2. The molecule has 0 amide bonds. The summed E-state index contributed by atoms with van der Waals surface area (Å²) in [6, 6.07) is 4.78.